The van der Waals surface area contributed by atoms with Crippen molar-refractivity contribution in [1.29, 1.82) is 0 Å². The van der Waals surface area contributed by atoms with E-state index in [2.05, 4.69) is 83.0 Å². The van der Waals surface area contributed by atoms with E-state index < -0.39 is 51.8 Å². The second kappa shape index (κ2) is 13.0. The van der Waals surface area contributed by atoms with Gasteiger partial charge in [0.05, 0.1) is 19.0 Å². The molecule has 1 saturated heterocycles. The quantitative estimate of drug-likeness (QED) is 0.290. The largest absolute Gasteiger partial charge is 0.444 e. The fourth-order valence-corrected chi connectivity index (χ4v) is 6.71. The molecule has 266 valence electrons. The molecule has 0 aliphatic carbocycles. The van der Waals surface area contributed by atoms with Crippen molar-refractivity contribution in [3.63, 3.8) is 0 Å². The number of aromatic nitrogens is 4. The summed E-state index contributed by atoms with van der Waals surface area (Å²) in [6.07, 6.45) is -1.28. The van der Waals surface area contributed by atoms with Gasteiger partial charge in [-0.2, -0.15) is 9.55 Å². The number of nitrogens with one attached hydrogen (secondary N) is 1. The Kier molecular flexibility index (Phi) is 10.8. The Morgan fingerprint density at radius 2 is 1.47 bits per heavy atom. The Labute approximate surface area is 281 Å². The van der Waals surface area contributed by atoms with Crippen molar-refractivity contribution in [2.75, 3.05) is 11.9 Å². The first-order valence-electron chi connectivity index (χ1n) is 16.2. The molecule has 1 aliphatic heterocycles. The van der Waals surface area contributed by atoms with Crippen molar-refractivity contribution in [1.82, 2.24) is 19.1 Å². The number of anilines is 1. The van der Waals surface area contributed by atoms with Gasteiger partial charge in [-0.15, -0.1) is 0 Å². The summed E-state index contributed by atoms with van der Waals surface area (Å²) < 4.78 is 33.3. The van der Waals surface area contributed by atoms with Crippen molar-refractivity contribution >= 4 is 45.9 Å². The van der Waals surface area contributed by atoms with E-state index in [4.69, 9.17) is 23.1 Å². The van der Waals surface area contributed by atoms with Gasteiger partial charge in [-0.05, 0) is 77.8 Å². The number of rotatable bonds is 7. The van der Waals surface area contributed by atoms with Crippen LogP contribution in [0.4, 0.5) is 15.5 Å². The Balaban J connectivity index is 2.10. The van der Waals surface area contributed by atoms with Crippen molar-refractivity contribution in [2.45, 2.75) is 155 Å². The van der Waals surface area contributed by atoms with E-state index in [0.717, 1.165) is 0 Å². The van der Waals surface area contributed by atoms with Gasteiger partial charge in [-0.3, -0.25) is 14.7 Å². The lowest BCUT2D eigenvalue weighted by molar-refractivity contribution is -0.0383. The van der Waals surface area contributed by atoms with Crippen LogP contribution in [0.5, 0.6) is 0 Å². The van der Waals surface area contributed by atoms with E-state index >= 15 is 0 Å². The van der Waals surface area contributed by atoms with Crippen LogP contribution in [-0.4, -0.2) is 77.9 Å². The second-order valence-corrected chi connectivity index (χ2v) is 26.9. The van der Waals surface area contributed by atoms with Crippen molar-refractivity contribution in [3.05, 3.63) is 16.7 Å². The number of hydrogen-bond acceptors (Lipinski definition) is 10. The number of imidazole rings is 1. The highest BCUT2D eigenvalue weighted by Crippen LogP contribution is 2.43. The first kappa shape index (κ1) is 38.8. The summed E-state index contributed by atoms with van der Waals surface area (Å²) in [5.74, 6) is -0.363. The van der Waals surface area contributed by atoms with E-state index in [1.165, 1.54) is 6.33 Å². The maximum atomic E-state index is 13.8. The van der Waals surface area contributed by atoms with Crippen LogP contribution in [0.3, 0.4) is 0 Å². The van der Waals surface area contributed by atoms with E-state index in [1.54, 1.807) is 46.1 Å². The molecule has 0 saturated carbocycles. The molecule has 1 amide bonds. The van der Waals surface area contributed by atoms with Crippen LogP contribution in [0.25, 0.3) is 11.2 Å². The van der Waals surface area contributed by atoms with Gasteiger partial charge in [0.1, 0.15) is 23.5 Å². The lowest BCUT2D eigenvalue weighted by Gasteiger charge is -2.40. The molecule has 1 aliphatic rings. The van der Waals surface area contributed by atoms with Crippen molar-refractivity contribution in [3.8, 4) is 0 Å². The minimum atomic E-state index is -2.22. The molecule has 0 spiro atoms. The van der Waals surface area contributed by atoms with Gasteiger partial charge in [-0.25, -0.2) is 14.6 Å². The highest BCUT2D eigenvalue weighted by Gasteiger charge is 2.47. The van der Waals surface area contributed by atoms with Gasteiger partial charge in [0.15, 0.2) is 27.8 Å². The van der Waals surface area contributed by atoms with Gasteiger partial charge < -0.3 is 23.1 Å². The van der Waals surface area contributed by atoms with Gasteiger partial charge in [0.25, 0.3) is 5.56 Å². The van der Waals surface area contributed by atoms with E-state index in [-0.39, 0.29) is 39.4 Å². The monoisotopic (exact) mass is 695 g/mol. The molecule has 47 heavy (non-hydrogen) atoms. The molecule has 0 bridgehead atoms. The lowest BCUT2D eigenvalue weighted by atomic mass is 10.2. The van der Waals surface area contributed by atoms with E-state index in [1.807, 2.05) is 0 Å². The third kappa shape index (κ3) is 9.31. The van der Waals surface area contributed by atoms with Crippen LogP contribution in [0, 0.1) is 0 Å². The van der Waals surface area contributed by atoms with Crippen LogP contribution >= 0.6 is 0 Å². The second-order valence-electron chi connectivity index (χ2n) is 17.4. The predicted octanol–water partition coefficient (Wildman–Crippen LogP) is 7.42. The van der Waals surface area contributed by atoms with Crippen LogP contribution in [-0.2, 0) is 23.1 Å². The fourth-order valence-electron chi connectivity index (χ4n) is 4.34. The summed E-state index contributed by atoms with van der Waals surface area (Å²) in [5.41, 5.74) is -2.53. The Hall–Kier alpha value is -2.60. The van der Waals surface area contributed by atoms with Gasteiger partial charge in [-0.1, -0.05) is 41.5 Å². The van der Waals surface area contributed by atoms with E-state index in [0.29, 0.717) is 17.6 Å². The molecular weight excluding hydrogens is 639 g/mol. The maximum Gasteiger partial charge on any atom is 0.424 e. The zero-order valence-electron chi connectivity index (χ0n) is 31.3. The number of nitrogens with zero attached hydrogens (tertiary/aromatic N) is 4. The van der Waals surface area contributed by atoms with Crippen LogP contribution in [0.1, 0.15) is 95.7 Å². The summed E-state index contributed by atoms with van der Waals surface area (Å²) in [4.78, 5) is 48.7. The highest BCUT2D eigenvalue weighted by atomic mass is 28.4. The third-order valence-corrected chi connectivity index (χ3v) is 17.9. The SMILES string of the molecule is CC(C)(C)OC(=O)Nc1nc2c(ncn2[C@H]2C[C@@H](O[Si](C)(C)C(C)(C)C)[C@@H](CO[Si](C)(C)C(C)(C)C)O2)c(=O)n1C(=O)OC(C)(C)C. The minimum Gasteiger partial charge on any atom is -0.444 e. The van der Waals surface area contributed by atoms with Crippen molar-refractivity contribution < 1.29 is 32.7 Å². The number of carbonyl (C=O) groups is 2. The molecule has 3 atom stereocenters. The maximum absolute atomic E-state index is 13.8. The lowest BCUT2D eigenvalue weighted by Crippen LogP contribution is -2.48. The Morgan fingerprint density at radius 3 is 1.98 bits per heavy atom. The van der Waals surface area contributed by atoms with Crippen LogP contribution in [0.2, 0.25) is 36.3 Å². The Morgan fingerprint density at radius 1 is 0.915 bits per heavy atom. The molecule has 0 aromatic carbocycles. The zero-order chi connectivity index (χ0) is 36.1. The van der Waals surface area contributed by atoms with Crippen LogP contribution < -0.4 is 10.9 Å². The number of amides is 1. The summed E-state index contributed by atoms with van der Waals surface area (Å²) in [7, 11) is -4.33. The standard InChI is InChI=1S/C32H57N5O8Si2/c1-29(2,3)43-27(39)35-26-34-24-23(25(38)37(26)28(40)44-30(4,5)6)33-19-36(24)22-17-20(45-47(15,16)32(10,11)12)21(42-22)18-41-46(13,14)31(7,8)9/h19-22H,17-18H2,1-16H3,(H,34,35,39)/t20-,21-,22-/m1/s1. The number of carbonyl (C=O) groups excluding carboxylic acids is 2. The van der Waals surface area contributed by atoms with Crippen molar-refractivity contribution in [2.24, 2.45) is 0 Å². The molecule has 2 aromatic rings. The van der Waals surface area contributed by atoms with Gasteiger partial charge in [0.2, 0.25) is 5.95 Å². The summed E-state index contributed by atoms with van der Waals surface area (Å²) >= 11 is 0. The summed E-state index contributed by atoms with van der Waals surface area (Å²) in [6.45, 7) is 32.4. The average molecular weight is 696 g/mol. The molecule has 1 N–H and O–H groups in total. The first-order chi connectivity index (χ1) is 21.0. The Bertz CT molecular complexity index is 1520. The summed E-state index contributed by atoms with van der Waals surface area (Å²) in [5, 5.41) is 2.44. The number of ether oxygens (including phenoxy) is 3. The topological polar surface area (TPSA) is 145 Å². The van der Waals surface area contributed by atoms with Gasteiger partial charge in [0, 0.05) is 6.42 Å². The number of fused-ring (bicyclic) bond motifs is 1. The predicted molar refractivity (Wildman–Crippen MR) is 187 cm³/mol. The molecule has 1 fully saturated rings. The minimum absolute atomic E-state index is 0.0108. The normalized spacial score (nSPS) is 20.0. The highest BCUT2D eigenvalue weighted by molar-refractivity contribution is 6.74. The molecule has 2 aromatic heterocycles. The zero-order valence-corrected chi connectivity index (χ0v) is 33.3. The average Bonchev–Trinajstić information content (AvgIpc) is 3.42. The first-order valence-corrected chi connectivity index (χ1v) is 22.0. The third-order valence-electron chi connectivity index (χ3n) is 8.94. The van der Waals surface area contributed by atoms with Gasteiger partial charge >= 0.3 is 12.2 Å². The number of hydrogen-bond donors (Lipinski definition) is 1. The molecule has 3 rings (SSSR count). The summed E-state index contributed by atoms with van der Waals surface area (Å²) in [6, 6.07) is 0. The molecule has 3 heterocycles. The smallest absolute Gasteiger partial charge is 0.424 e. The van der Waals surface area contributed by atoms with E-state index in [9.17, 15) is 14.4 Å². The molecular formula is C32H57N5O8Si2. The molecule has 13 nitrogen and oxygen atoms in total. The molecule has 0 radical (unpaired) electrons. The molecule has 0 unspecified atom stereocenters. The molecule has 15 heteroatoms. The fraction of sp³-hybridized carbons (Fsp3) is 0.781. The van der Waals surface area contributed by atoms with Crippen LogP contribution in [0.15, 0.2) is 11.1 Å².